The molecule has 1 aliphatic rings. The number of aromatic nitrogens is 3. The van der Waals surface area contributed by atoms with E-state index in [4.69, 9.17) is 5.26 Å². The summed E-state index contributed by atoms with van der Waals surface area (Å²) in [4.78, 5) is 10.5. The van der Waals surface area contributed by atoms with Gasteiger partial charge in [-0.25, -0.2) is 9.97 Å². The van der Waals surface area contributed by atoms with Gasteiger partial charge in [0.2, 0.25) is 0 Å². The van der Waals surface area contributed by atoms with E-state index in [-0.39, 0.29) is 0 Å². The highest BCUT2D eigenvalue weighted by molar-refractivity contribution is 5.54. The van der Waals surface area contributed by atoms with Crippen LogP contribution in [0.5, 0.6) is 0 Å². The number of imidazole rings is 1. The molecule has 5 nitrogen and oxygen atoms in total. The molecule has 18 heavy (non-hydrogen) atoms. The molecule has 0 amide bonds. The van der Waals surface area contributed by atoms with E-state index in [2.05, 4.69) is 25.5 Å². The van der Waals surface area contributed by atoms with Crippen LogP contribution in [-0.2, 0) is 6.54 Å². The lowest BCUT2D eigenvalue weighted by Gasteiger charge is -2.40. The molecule has 0 spiro atoms. The van der Waals surface area contributed by atoms with Crippen molar-refractivity contribution in [1.82, 2.24) is 14.5 Å². The first-order valence-corrected chi connectivity index (χ1v) is 5.92. The van der Waals surface area contributed by atoms with Crippen LogP contribution in [0.3, 0.4) is 0 Å². The average Bonchev–Trinajstić information content (AvgIpc) is 2.86. The first-order valence-electron chi connectivity index (χ1n) is 5.92. The summed E-state index contributed by atoms with van der Waals surface area (Å²) in [6.45, 7) is 2.87. The molecule has 1 fully saturated rings. The molecule has 0 radical (unpaired) electrons. The molecule has 3 heterocycles. The highest BCUT2D eigenvalue weighted by Crippen LogP contribution is 2.26. The van der Waals surface area contributed by atoms with Gasteiger partial charge in [-0.1, -0.05) is 0 Å². The van der Waals surface area contributed by atoms with Crippen LogP contribution in [0.2, 0.25) is 0 Å². The molecule has 0 aliphatic carbocycles. The standard InChI is InChI=1S/C13H13N5/c14-6-12-2-1-3-16-13(12)18-8-11(9-18)7-17-5-4-15-10-17/h1-5,10-11H,7-9H2. The van der Waals surface area contributed by atoms with Gasteiger partial charge < -0.3 is 9.47 Å². The summed E-state index contributed by atoms with van der Waals surface area (Å²) >= 11 is 0. The fourth-order valence-electron chi connectivity index (χ4n) is 2.29. The van der Waals surface area contributed by atoms with Crippen LogP contribution in [0.15, 0.2) is 37.1 Å². The molecule has 1 aliphatic heterocycles. The smallest absolute Gasteiger partial charge is 0.146 e. The van der Waals surface area contributed by atoms with Gasteiger partial charge >= 0.3 is 0 Å². The van der Waals surface area contributed by atoms with Gasteiger partial charge in [-0.15, -0.1) is 0 Å². The molecule has 5 heteroatoms. The van der Waals surface area contributed by atoms with Crippen LogP contribution in [0.4, 0.5) is 5.82 Å². The monoisotopic (exact) mass is 239 g/mol. The van der Waals surface area contributed by atoms with E-state index in [0.717, 1.165) is 25.5 Å². The van der Waals surface area contributed by atoms with Crippen molar-refractivity contribution in [2.45, 2.75) is 6.54 Å². The van der Waals surface area contributed by atoms with Crippen molar-refractivity contribution in [2.24, 2.45) is 5.92 Å². The maximum Gasteiger partial charge on any atom is 0.146 e. The second-order valence-corrected chi connectivity index (χ2v) is 4.52. The van der Waals surface area contributed by atoms with Crippen molar-refractivity contribution >= 4 is 5.82 Å². The lowest BCUT2D eigenvalue weighted by molar-refractivity contribution is 0.355. The molecule has 0 unspecified atom stereocenters. The van der Waals surface area contributed by atoms with Gasteiger partial charge in [0.05, 0.1) is 11.9 Å². The molecule has 0 bridgehead atoms. The molecule has 0 aromatic carbocycles. The molecule has 2 aromatic heterocycles. The Bertz CT molecular complexity index is 563. The Morgan fingerprint density at radius 3 is 3.00 bits per heavy atom. The van der Waals surface area contributed by atoms with E-state index in [9.17, 15) is 0 Å². The Kier molecular flexibility index (Phi) is 2.69. The van der Waals surface area contributed by atoms with Crippen LogP contribution in [-0.4, -0.2) is 27.6 Å². The summed E-state index contributed by atoms with van der Waals surface area (Å²) < 4.78 is 2.09. The summed E-state index contributed by atoms with van der Waals surface area (Å²) in [5.74, 6) is 1.41. The normalized spacial score (nSPS) is 15.2. The fraction of sp³-hybridized carbons (Fsp3) is 0.308. The zero-order valence-corrected chi connectivity index (χ0v) is 9.90. The Labute approximate surface area is 105 Å². The predicted octanol–water partition coefficient (Wildman–Crippen LogP) is 1.29. The first kappa shape index (κ1) is 10.8. The largest absolute Gasteiger partial charge is 0.355 e. The zero-order chi connectivity index (χ0) is 12.4. The minimum Gasteiger partial charge on any atom is -0.355 e. The number of nitrogens with zero attached hydrogens (tertiary/aromatic N) is 5. The van der Waals surface area contributed by atoms with E-state index < -0.39 is 0 Å². The molecular weight excluding hydrogens is 226 g/mol. The zero-order valence-electron chi connectivity index (χ0n) is 9.90. The van der Waals surface area contributed by atoms with Crippen LogP contribution in [0.25, 0.3) is 0 Å². The van der Waals surface area contributed by atoms with Crippen LogP contribution in [0, 0.1) is 17.2 Å². The van der Waals surface area contributed by atoms with Crippen LogP contribution >= 0.6 is 0 Å². The first-order chi connectivity index (χ1) is 8.86. The minimum atomic E-state index is 0.604. The third-order valence-electron chi connectivity index (χ3n) is 3.19. The van der Waals surface area contributed by atoms with E-state index in [1.165, 1.54) is 0 Å². The Balaban J connectivity index is 1.64. The number of nitriles is 1. The van der Waals surface area contributed by atoms with Crippen molar-refractivity contribution in [3.63, 3.8) is 0 Å². The quantitative estimate of drug-likeness (QED) is 0.809. The van der Waals surface area contributed by atoms with Gasteiger partial charge in [0, 0.05) is 44.1 Å². The molecule has 1 saturated heterocycles. The van der Waals surface area contributed by atoms with Gasteiger partial charge in [-0.2, -0.15) is 5.26 Å². The number of pyridine rings is 1. The second kappa shape index (κ2) is 4.49. The fourth-order valence-corrected chi connectivity index (χ4v) is 2.29. The van der Waals surface area contributed by atoms with E-state index in [1.54, 1.807) is 18.5 Å². The van der Waals surface area contributed by atoms with Gasteiger partial charge in [-0.3, -0.25) is 0 Å². The Hall–Kier alpha value is -2.35. The molecule has 0 N–H and O–H groups in total. The van der Waals surface area contributed by atoms with Crippen molar-refractivity contribution in [3.05, 3.63) is 42.6 Å². The van der Waals surface area contributed by atoms with Crippen molar-refractivity contribution in [2.75, 3.05) is 18.0 Å². The van der Waals surface area contributed by atoms with Crippen molar-refractivity contribution in [3.8, 4) is 6.07 Å². The molecule has 0 atom stereocenters. The summed E-state index contributed by atoms with van der Waals surface area (Å²) in [6.07, 6.45) is 7.34. The maximum atomic E-state index is 9.03. The van der Waals surface area contributed by atoms with Crippen LogP contribution < -0.4 is 4.90 Å². The second-order valence-electron chi connectivity index (χ2n) is 4.52. The number of rotatable bonds is 3. The SMILES string of the molecule is N#Cc1cccnc1N1CC(Cn2ccnc2)C1. The number of hydrogen-bond acceptors (Lipinski definition) is 4. The Morgan fingerprint density at radius 2 is 2.28 bits per heavy atom. The van der Waals surface area contributed by atoms with E-state index in [1.807, 2.05) is 18.6 Å². The number of anilines is 1. The minimum absolute atomic E-state index is 0.604. The van der Waals surface area contributed by atoms with Crippen molar-refractivity contribution in [1.29, 1.82) is 5.26 Å². The Morgan fingerprint density at radius 1 is 1.39 bits per heavy atom. The van der Waals surface area contributed by atoms with E-state index in [0.29, 0.717) is 11.5 Å². The topological polar surface area (TPSA) is 57.7 Å². The number of hydrogen-bond donors (Lipinski definition) is 0. The molecule has 0 saturated carbocycles. The summed E-state index contributed by atoms with van der Waals surface area (Å²) in [5.41, 5.74) is 0.651. The predicted molar refractivity (Wildman–Crippen MR) is 66.9 cm³/mol. The maximum absolute atomic E-state index is 9.03. The summed E-state index contributed by atoms with van der Waals surface area (Å²) in [7, 11) is 0. The highest BCUT2D eigenvalue weighted by atomic mass is 15.2. The molecule has 90 valence electrons. The van der Waals surface area contributed by atoms with E-state index >= 15 is 0 Å². The van der Waals surface area contributed by atoms with Gasteiger partial charge in [0.1, 0.15) is 11.9 Å². The van der Waals surface area contributed by atoms with Crippen molar-refractivity contribution < 1.29 is 0 Å². The van der Waals surface area contributed by atoms with Gasteiger partial charge in [-0.05, 0) is 12.1 Å². The highest BCUT2D eigenvalue weighted by Gasteiger charge is 2.29. The third-order valence-corrected chi connectivity index (χ3v) is 3.19. The molecule has 3 rings (SSSR count). The van der Waals surface area contributed by atoms with Crippen LogP contribution in [0.1, 0.15) is 5.56 Å². The molecular formula is C13H13N5. The van der Waals surface area contributed by atoms with Gasteiger partial charge in [0.25, 0.3) is 0 Å². The average molecular weight is 239 g/mol. The molecule has 2 aromatic rings. The van der Waals surface area contributed by atoms with Gasteiger partial charge in [0.15, 0.2) is 0 Å². The lowest BCUT2D eigenvalue weighted by atomic mass is 9.99. The lowest BCUT2D eigenvalue weighted by Crippen LogP contribution is -2.49. The summed E-state index contributed by atoms with van der Waals surface area (Å²) in [6, 6.07) is 5.79. The third kappa shape index (κ3) is 1.93. The summed E-state index contributed by atoms with van der Waals surface area (Å²) in [5, 5.41) is 9.03.